The second-order valence-electron chi connectivity index (χ2n) is 17.0. The molecule has 6 unspecified atom stereocenters. The number of nitrogens with one attached hydrogen (secondary N) is 1. The van der Waals surface area contributed by atoms with Gasteiger partial charge in [0, 0.05) is 30.7 Å². The molecule has 8 atom stereocenters. The molecule has 242 valence electrons. The molecule has 5 aliphatic rings. The van der Waals surface area contributed by atoms with E-state index in [4.69, 9.17) is 0 Å². The Hall–Kier alpha value is -1.94. The van der Waals surface area contributed by atoms with Crippen molar-refractivity contribution in [2.45, 2.75) is 125 Å². The van der Waals surface area contributed by atoms with Crippen LogP contribution in [0.5, 0.6) is 0 Å². The first-order chi connectivity index (χ1) is 20.9. The first-order valence-electron chi connectivity index (χ1n) is 18.2. The van der Waals surface area contributed by atoms with E-state index in [1.165, 1.54) is 62.5 Å². The fourth-order valence-electron chi connectivity index (χ4n) is 12.4. The van der Waals surface area contributed by atoms with Crippen molar-refractivity contribution in [3.63, 3.8) is 0 Å². The van der Waals surface area contributed by atoms with Crippen LogP contribution in [-0.4, -0.2) is 42.3 Å². The Morgan fingerprint density at radius 2 is 1.57 bits per heavy atom. The Labute approximate surface area is 268 Å². The highest BCUT2D eigenvalue weighted by Gasteiger charge is 2.62. The lowest BCUT2D eigenvalue weighted by molar-refractivity contribution is -0.151. The molecule has 0 heterocycles. The van der Waals surface area contributed by atoms with E-state index in [-0.39, 0.29) is 10.8 Å². The first-order valence-corrected chi connectivity index (χ1v) is 18.2. The van der Waals surface area contributed by atoms with E-state index in [2.05, 4.69) is 76.9 Å². The van der Waals surface area contributed by atoms with Crippen LogP contribution in [0.15, 0.2) is 30.3 Å². The minimum atomic E-state index is -0.112. The fraction of sp³-hybridized carbons (Fsp3) is 0.750. The third-order valence-corrected chi connectivity index (χ3v) is 14.3. The standard InChI is InChI=1S/C40H60N2O2/c1-26(2)42(27(3)4)24-23-41-37(44)40-20-8-9-35(40)32-14-16-34-31(30(32)18-22-40)15-17-36-38(5,6)33(19-21-39(34,36)7)29-12-10-28(25-43)11-13-29/h10-13,19,25-27,30-32,34-36H,8-9,14-18,20-24H2,1-7H3,(H,41,44)/t30?,31?,32?,34?,35?,36?,39-,40+/m1/s1. The minimum Gasteiger partial charge on any atom is -0.354 e. The largest absolute Gasteiger partial charge is 0.354 e. The average molecular weight is 601 g/mol. The van der Waals surface area contributed by atoms with Crippen molar-refractivity contribution >= 4 is 17.8 Å². The molecule has 0 bridgehead atoms. The van der Waals surface area contributed by atoms with Gasteiger partial charge in [0.1, 0.15) is 6.29 Å². The number of carbonyl (C=O) groups is 2. The molecule has 0 spiro atoms. The number of amides is 1. The van der Waals surface area contributed by atoms with Crippen LogP contribution in [0.2, 0.25) is 0 Å². The third kappa shape index (κ3) is 5.14. The second-order valence-corrected chi connectivity index (χ2v) is 17.0. The van der Waals surface area contributed by atoms with Crippen LogP contribution >= 0.6 is 0 Å². The SMILES string of the molecule is CC(C)N(CCNC(=O)[C@]12CCCC1C1CCC3C(CCC4C(C)(C)C(c5ccc(C=O)cc5)=CC[C@]34C)C1CC2)C(C)C. The summed E-state index contributed by atoms with van der Waals surface area (Å²) in [4.78, 5) is 27.8. The maximum Gasteiger partial charge on any atom is 0.226 e. The number of fused-ring (bicyclic) bond motifs is 7. The summed E-state index contributed by atoms with van der Waals surface area (Å²) in [5.41, 5.74) is 3.86. The van der Waals surface area contributed by atoms with Crippen LogP contribution in [0.25, 0.3) is 5.57 Å². The highest BCUT2D eigenvalue weighted by atomic mass is 16.2. The molecule has 4 saturated carbocycles. The van der Waals surface area contributed by atoms with E-state index in [1.54, 1.807) is 0 Å². The highest BCUT2D eigenvalue weighted by molar-refractivity contribution is 5.83. The Bertz CT molecular complexity index is 1240. The van der Waals surface area contributed by atoms with E-state index < -0.39 is 0 Å². The highest BCUT2D eigenvalue weighted by Crippen LogP contribution is 2.69. The zero-order valence-electron chi connectivity index (χ0n) is 28.8. The molecular formula is C40H60N2O2. The number of nitrogens with zero attached hydrogens (tertiary/aromatic N) is 1. The number of rotatable bonds is 8. The molecule has 44 heavy (non-hydrogen) atoms. The molecule has 5 aliphatic carbocycles. The van der Waals surface area contributed by atoms with Crippen molar-refractivity contribution in [1.29, 1.82) is 0 Å². The molecule has 6 rings (SSSR count). The van der Waals surface area contributed by atoms with Gasteiger partial charge in [0.05, 0.1) is 5.41 Å². The summed E-state index contributed by atoms with van der Waals surface area (Å²) >= 11 is 0. The predicted octanol–water partition coefficient (Wildman–Crippen LogP) is 8.80. The van der Waals surface area contributed by atoms with Crippen molar-refractivity contribution < 1.29 is 9.59 Å². The smallest absolute Gasteiger partial charge is 0.226 e. The van der Waals surface area contributed by atoms with Gasteiger partial charge >= 0.3 is 0 Å². The Morgan fingerprint density at radius 3 is 2.25 bits per heavy atom. The fourth-order valence-corrected chi connectivity index (χ4v) is 12.4. The summed E-state index contributed by atoms with van der Waals surface area (Å²) < 4.78 is 0. The summed E-state index contributed by atoms with van der Waals surface area (Å²) in [6.07, 6.45) is 16.0. The molecule has 4 nitrogen and oxygen atoms in total. The Balaban J connectivity index is 1.17. The lowest BCUT2D eigenvalue weighted by Gasteiger charge is -2.64. The molecule has 4 fully saturated rings. The molecule has 0 radical (unpaired) electrons. The van der Waals surface area contributed by atoms with Gasteiger partial charge in [0.25, 0.3) is 0 Å². The number of hydrogen-bond acceptors (Lipinski definition) is 3. The second kappa shape index (κ2) is 12.0. The number of benzene rings is 1. The van der Waals surface area contributed by atoms with Crippen LogP contribution < -0.4 is 5.32 Å². The van der Waals surface area contributed by atoms with Crippen molar-refractivity contribution in [3.05, 3.63) is 41.5 Å². The molecule has 1 aromatic rings. The van der Waals surface area contributed by atoms with E-state index in [0.717, 1.165) is 61.5 Å². The number of hydrogen-bond donors (Lipinski definition) is 1. The monoisotopic (exact) mass is 600 g/mol. The number of aldehydes is 1. The quantitative estimate of drug-likeness (QED) is 0.303. The normalized spacial score (nSPS) is 37.5. The molecule has 4 heteroatoms. The zero-order valence-corrected chi connectivity index (χ0v) is 28.8. The van der Waals surface area contributed by atoms with Gasteiger partial charge in [-0.25, -0.2) is 0 Å². The first kappa shape index (κ1) is 32.0. The number of allylic oxidation sites excluding steroid dienone is 2. The average Bonchev–Trinajstić information content (AvgIpc) is 3.44. The molecule has 1 amide bonds. The maximum absolute atomic E-state index is 14.0. The Kier molecular flexibility index (Phi) is 8.74. The van der Waals surface area contributed by atoms with Gasteiger partial charge in [-0.05, 0) is 143 Å². The van der Waals surface area contributed by atoms with Gasteiger partial charge in [-0.3, -0.25) is 14.5 Å². The molecule has 1 N–H and O–H groups in total. The molecule has 0 aliphatic heterocycles. The van der Waals surface area contributed by atoms with E-state index in [0.29, 0.717) is 35.2 Å². The lowest BCUT2D eigenvalue weighted by atomic mass is 9.40. The summed E-state index contributed by atoms with van der Waals surface area (Å²) in [6.45, 7) is 18.4. The molecule has 1 aromatic carbocycles. The van der Waals surface area contributed by atoms with E-state index >= 15 is 0 Å². The van der Waals surface area contributed by atoms with Crippen molar-refractivity contribution in [2.24, 2.45) is 51.8 Å². The Morgan fingerprint density at radius 1 is 0.886 bits per heavy atom. The zero-order chi connectivity index (χ0) is 31.4. The molecule has 0 saturated heterocycles. The maximum atomic E-state index is 14.0. The van der Waals surface area contributed by atoms with Gasteiger partial charge < -0.3 is 5.32 Å². The summed E-state index contributed by atoms with van der Waals surface area (Å²) in [5, 5.41) is 3.48. The van der Waals surface area contributed by atoms with Gasteiger partial charge in [-0.15, -0.1) is 0 Å². The topological polar surface area (TPSA) is 49.4 Å². The van der Waals surface area contributed by atoms with Crippen molar-refractivity contribution in [1.82, 2.24) is 10.2 Å². The van der Waals surface area contributed by atoms with Crippen LogP contribution in [-0.2, 0) is 4.79 Å². The predicted molar refractivity (Wildman–Crippen MR) is 181 cm³/mol. The van der Waals surface area contributed by atoms with Gasteiger partial charge in [-0.1, -0.05) is 57.5 Å². The minimum absolute atomic E-state index is 0.112. The van der Waals surface area contributed by atoms with Crippen LogP contribution in [0.4, 0.5) is 0 Å². The van der Waals surface area contributed by atoms with E-state index in [1.807, 2.05) is 12.1 Å². The van der Waals surface area contributed by atoms with Gasteiger partial charge in [0.2, 0.25) is 5.91 Å². The lowest BCUT2D eigenvalue weighted by Crippen LogP contribution is -2.58. The van der Waals surface area contributed by atoms with Crippen LogP contribution in [0.1, 0.15) is 129 Å². The molecular weight excluding hydrogens is 540 g/mol. The van der Waals surface area contributed by atoms with Gasteiger partial charge in [0.15, 0.2) is 0 Å². The van der Waals surface area contributed by atoms with E-state index in [9.17, 15) is 9.59 Å². The summed E-state index contributed by atoms with van der Waals surface area (Å²) in [5.74, 6) is 4.80. The summed E-state index contributed by atoms with van der Waals surface area (Å²) in [7, 11) is 0. The van der Waals surface area contributed by atoms with Crippen LogP contribution in [0.3, 0.4) is 0 Å². The number of carbonyl (C=O) groups excluding carboxylic acids is 2. The van der Waals surface area contributed by atoms with Crippen molar-refractivity contribution in [2.75, 3.05) is 13.1 Å². The summed E-state index contributed by atoms with van der Waals surface area (Å²) in [6, 6.07) is 9.27. The molecule has 0 aromatic heterocycles. The van der Waals surface area contributed by atoms with Crippen molar-refractivity contribution in [3.8, 4) is 0 Å². The van der Waals surface area contributed by atoms with Gasteiger partial charge in [-0.2, -0.15) is 0 Å². The van der Waals surface area contributed by atoms with Crippen LogP contribution in [0, 0.1) is 51.8 Å². The third-order valence-electron chi connectivity index (χ3n) is 14.3.